The summed E-state index contributed by atoms with van der Waals surface area (Å²) in [6.07, 6.45) is -4.25. The van der Waals surface area contributed by atoms with Crippen LogP contribution in [0, 0.1) is 0 Å². The highest BCUT2D eigenvalue weighted by Crippen LogP contribution is 2.29. The third-order valence-corrected chi connectivity index (χ3v) is 2.28. The molecule has 0 aliphatic heterocycles. The zero-order valence-corrected chi connectivity index (χ0v) is 9.29. The molecule has 0 atom stereocenters. The highest BCUT2D eigenvalue weighted by Gasteiger charge is 2.29. The van der Waals surface area contributed by atoms with E-state index in [1.54, 1.807) is 0 Å². The molecule has 0 saturated carbocycles. The SMILES string of the molecule is CN(CC(F)(F)F)c1ccc(Cl)cc1Cl. The topological polar surface area (TPSA) is 3.24 Å². The van der Waals surface area contributed by atoms with Gasteiger partial charge in [-0.05, 0) is 18.2 Å². The van der Waals surface area contributed by atoms with Crippen LogP contribution < -0.4 is 4.90 Å². The Hall–Kier alpha value is -0.610. The Balaban J connectivity index is 2.87. The lowest BCUT2D eigenvalue weighted by Gasteiger charge is -2.21. The second-order valence-electron chi connectivity index (χ2n) is 3.07. The van der Waals surface area contributed by atoms with E-state index in [2.05, 4.69) is 0 Å². The van der Waals surface area contributed by atoms with Gasteiger partial charge in [-0.25, -0.2) is 0 Å². The number of rotatable bonds is 2. The molecule has 0 aromatic heterocycles. The van der Waals surface area contributed by atoms with Crippen molar-refractivity contribution >= 4 is 28.9 Å². The Morgan fingerprint density at radius 3 is 2.33 bits per heavy atom. The molecule has 0 aliphatic rings. The summed E-state index contributed by atoms with van der Waals surface area (Å²) in [4.78, 5) is 1.03. The van der Waals surface area contributed by atoms with Crippen LogP contribution in [0.5, 0.6) is 0 Å². The van der Waals surface area contributed by atoms with Crippen LogP contribution in [0.4, 0.5) is 18.9 Å². The van der Waals surface area contributed by atoms with E-state index in [0.29, 0.717) is 10.7 Å². The lowest BCUT2D eigenvalue weighted by molar-refractivity contribution is -0.119. The Labute approximate surface area is 95.4 Å². The fourth-order valence-electron chi connectivity index (χ4n) is 1.14. The van der Waals surface area contributed by atoms with Crippen LogP contribution in [0.2, 0.25) is 10.0 Å². The van der Waals surface area contributed by atoms with Crippen LogP contribution in [0.3, 0.4) is 0 Å². The van der Waals surface area contributed by atoms with Crippen molar-refractivity contribution < 1.29 is 13.2 Å². The largest absolute Gasteiger partial charge is 0.405 e. The van der Waals surface area contributed by atoms with Gasteiger partial charge >= 0.3 is 6.18 Å². The van der Waals surface area contributed by atoms with Crippen molar-refractivity contribution in [3.05, 3.63) is 28.2 Å². The molecule has 0 fully saturated rings. The lowest BCUT2D eigenvalue weighted by atomic mass is 10.3. The number of hydrogen-bond donors (Lipinski definition) is 0. The van der Waals surface area contributed by atoms with Crippen molar-refractivity contribution in [1.82, 2.24) is 0 Å². The fourth-order valence-corrected chi connectivity index (χ4v) is 1.70. The van der Waals surface area contributed by atoms with E-state index >= 15 is 0 Å². The van der Waals surface area contributed by atoms with Crippen LogP contribution in [0.1, 0.15) is 0 Å². The summed E-state index contributed by atoms with van der Waals surface area (Å²) in [7, 11) is 1.32. The summed E-state index contributed by atoms with van der Waals surface area (Å²) in [5.74, 6) is 0. The van der Waals surface area contributed by atoms with Gasteiger partial charge in [0.2, 0.25) is 0 Å². The number of alkyl halides is 3. The standard InChI is InChI=1S/C9H8Cl2F3N/c1-15(5-9(12,13)14)8-3-2-6(10)4-7(8)11/h2-4H,5H2,1H3. The number of halogens is 5. The smallest absolute Gasteiger partial charge is 0.365 e. The van der Waals surface area contributed by atoms with E-state index in [1.807, 2.05) is 0 Å². The van der Waals surface area contributed by atoms with E-state index in [9.17, 15) is 13.2 Å². The molecule has 1 aromatic rings. The van der Waals surface area contributed by atoms with Gasteiger partial charge in [-0.15, -0.1) is 0 Å². The highest BCUT2D eigenvalue weighted by molar-refractivity contribution is 6.36. The summed E-state index contributed by atoms with van der Waals surface area (Å²) >= 11 is 11.4. The van der Waals surface area contributed by atoms with Crippen molar-refractivity contribution in [1.29, 1.82) is 0 Å². The van der Waals surface area contributed by atoms with Crippen LogP contribution in [-0.4, -0.2) is 19.8 Å². The Morgan fingerprint density at radius 2 is 1.87 bits per heavy atom. The van der Waals surface area contributed by atoms with Crippen molar-refractivity contribution in [2.45, 2.75) is 6.18 Å². The minimum absolute atomic E-state index is 0.203. The lowest BCUT2D eigenvalue weighted by Crippen LogP contribution is -2.30. The minimum Gasteiger partial charge on any atom is -0.365 e. The van der Waals surface area contributed by atoms with Gasteiger partial charge in [-0.3, -0.25) is 0 Å². The summed E-state index contributed by atoms with van der Waals surface area (Å²) in [6.45, 7) is -1.05. The Kier molecular flexibility index (Phi) is 3.73. The van der Waals surface area contributed by atoms with Crippen molar-refractivity contribution in [3.63, 3.8) is 0 Å². The third kappa shape index (κ3) is 3.80. The third-order valence-electron chi connectivity index (χ3n) is 1.74. The molecule has 0 aliphatic carbocycles. The molecule has 1 aromatic carbocycles. The van der Waals surface area contributed by atoms with E-state index in [1.165, 1.54) is 25.2 Å². The van der Waals surface area contributed by atoms with Gasteiger partial charge in [0.15, 0.2) is 0 Å². The number of benzene rings is 1. The average Bonchev–Trinajstić information content (AvgIpc) is 1.99. The molecule has 1 nitrogen and oxygen atoms in total. The molecule has 0 N–H and O–H groups in total. The molecule has 1 rings (SSSR count). The van der Waals surface area contributed by atoms with Crippen molar-refractivity contribution in [2.75, 3.05) is 18.5 Å². The molecule has 0 spiro atoms. The zero-order chi connectivity index (χ0) is 11.6. The maximum absolute atomic E-state index is 12.1. The zero-order valence-electron chi connectivity index (χ0n) is 7.78. The molecular weight excluding hydrogens is 250 g/mol. The number of nitrogens with zero attached hydrogens (tertiary/aromatic N) is 1. The Morgan fingerprint density at radius 1 is 1.27 bits per heavy atom. The molecule has 0 bridgehead atoms. The van der Waals surface area contributed by atoms with Gasteiger partial charge in [0, 0.05) is 12.1 Å². The molecule has 6 heteroatoms. The van der Waals surface area contributed by atoms with Crippen LogP contribution in [0.25, 0.3) is 0 Å². The molecular formula is C9H8Cl2F3N. The van der Waals surface area contributed by atoms with Gasteiger partial charge in [0.05, 0.1) is 10.7 Å². The van der Waals surface area contributed by atoms with E-state index < -0.39 is 12.7 Å². The van der Waals surface area contributed by atoms with Crippen LogP contribution >= 0.6 is 23.2 Å². The Bertz CT molecular complexity index is 352. The van der Waals surface area contributed by atoms with Gasteiger partial charge in [-0.1, -0.05) is 23.2 Å². The van der Waals surface area contributed by atoms with Crippen LogP contribution in [0.15, 0.2) is 18.2 Å². The summed E-state index contributed by atoms with van der Waals surface area (Å²) < 4.78 is 36.3. The summed E-state index contributed by atoms with van der Waals surface area (Å²) in [6, 6.07) is 4.36. The van der Waals surface area contributed by atoms with E-state index in [4.69, 9.17) is 23.2 Å². The van der Waals surface area contributed by atoms with Gasteiger partial charge in [0.1, 0.15) is 6.54 Å². The average molecular weight is 258 g/mol. The van der Waals surface area contributed by atoms with Crippen molar-refractivity contribution in [3.8, 4) is 0 Å². The first-order valence-corrected chi connectivity index (χ1v) is 4.78. The van der Waals surface area contributed by atoms with E-state index in [-0.39, 0.29) is 5.02 Å². The summed E-state index contributed by atoms with van der Waals surface area (Å²) in [5.41, 5.74) is 0.304. The van der Waals surface area contributed by atoms with Crippen molar-refractivity contribution in [2.24, 2.45) is 0 Å². The minimum atomic E-state index is -4.25. The molecule has 0 heterocycles. The molecule has 0 amide bonds. The predicted molar refractivity (Wildman–Crippen MR) is 55.8 cm³/mol. The molecule has 0 unspecified atom stereocenters. The van der Waals surface area contributed by atoms with E-state index in [0.717, 1.165) is 4.90 Å². The predicted octanol–water partition coefficient (Wildman–Crippen LogP) is 3.99. The molecule has 15 heavy (non-hydrogen) atoms. The maximum Gasteiger partial charge on any atom is 0.405 e. The first-order valence-electron chi connectivity index (χ1n) is 4.02. The first kappa shape index (κ1) is 12.5. The molecule has 0 saturated heterocycles. The molecule has 84 valence electrons. The normalized spacial score (nSPS) is 11.6. The fraction of sp³-hybridized carbons (Fsp3) is 0.333. The first-order chi connectivity index (χ1) is 6.79. The highest BCUT2D eigenvalue weighted by atomic mass is 35.5. The quantitative estimate of drug-likeness (QED) is 0.775. The second kappa shape index (κ2) is 4.49. The van der Waals surface area contributed by atoms with Gasteiger partial charge < -0.3 is 4.90 Å². The second-order valence-corrected chi connectivity index (χ2v) is 3.91. The monoisotopic (exact) mass is 257 g/mol. The van der Waals surface area contributed by atoms with Gasteiger partial charge in [-0.2, -0.15) is 13.2 Å². The van der Waals surface area contributed by atoms with Crippen LogP contribution in [-0.2, 0) is 0 Å². The number of anilines is 1. The summed E-state index contributed by atoms with van der Waals surface area (Å²) in [5, 5.41) is 0.596. The molecule has 0 radical (unpaired) electrons. The maximum atomic E-state index is 12.1. The van der Waals surface area contributed by atoms with Gasteiger partial charge in [0.25, 0.3) is 0 Å². The number of hydrogen-bond acceptors (Lipinski definition) is 1.